The zero-order valence-electron chi connectivity index (χ0n) is 12.4. The van der Waals surface area contributed by atoms with E-state index in [4.69, 9.17) is 12.2 Å². The van der Waals surface area contributed by atoms with E-state index in [2.05, 4.69) is 42.5 Å². The van der Waals surface area contributed by atoms with Gasteiger partial charge in [0.1, 0.15) is 5.70 Å². The molecule has 0 bridgehead atoms. The van der Waals surface area contributed by atoms with Crippen molar-refractivity contribution in [2.45, 2.75) is 0 Å². The Morgan fingerprint density at radius 3 is 2.58 bits per heavy atom. The summed E-state index contributed by atoms with van der Waals surface area (Å²) >= 11 is 12.1. The van der Waals surface area contributed by atoms with Crippen molar-refractivity contribution in [1.82, 2.24) is 10.2 Å². The second-order valence-corrected chi connectivity index (χ2v) is 7.34. The molecule has 0 unspecified atom stereocenters. The van der Waals surface area contributed by atoms with E-state index in [0.717, 1.165) is 20.2 Å². The number of rotatable bonds is 4. The molecule has 2 N–H and O–H groups in total. The Morgan fingerprint density at radius 1 is 1.12 bits per heavy atom. The van der Waals surface area contributed by atoms with Crippen LogP contribution in [0.3, 0.4) is 0 Å². The molecule has 1 heterocycles. The number of hydrogen-bond donors (Lipinski definition) is 2. The van der Waals surface area contributed by atoms with E-state index in [1.807, 2.05) is 48.5 Å². The van der Waals surface area contributed by atoms with Gasteiger partial charge in [0.15, 0.2) is 5.11 Å². The topological polar surface area (TPSA) is 44.4 Å². The van der Waals surface area contributed by atoms with Gasteiger partial charge in [-0.3, -0.25) is 9.69 Å². The normalized spacial score (nSPS) is 15.8. The molecule has 2 aromatic rings. The maximum absolute atomic E-state index is 12.5. The van der Waals surface area contributed by atoms with Gasteiger partial charge in [0.2, 0.25) is 0 Å². The Kier molecular flexibility index (Phi) is 5.33. The van der Waals surface area contributed by atoms with Crippen molar-refractivity contribution in [2.75, 3.05) is 12.0 Å². The molecule has 1 aliphatic heterocycles. The molecule has 0 spiro atoms. The zero-order chi connectivity index (χ0) is 17.1. The van der Waals surface area contributed by atoms with Crippen LogP contribution in [0.25, 0.3) is 6.08 Å². The third-order valence-corrected chi connectivity index (χ3v) is 4.75. The van der Waals surface area contributed by atoms with Crippen molar-refractivity contribution in [3.63, 3.8) is 0 Å². The van der Waals surface area contributed by atoms with Crippen molar-refractivity contribution >= 4 is 66.9 Å². The summed E-state index contributed by atoms with van der Waals surface area (Å²) in [6, 6.07) is 15.4. The van der Waals surface area contributed by atoms with Gasteiger partial charge in [-0.2, -0.15) is 0 Å². The molecule has 1 aliphatic rings. The lowest BCUT2D eigenvalue weighted by Crippen LogP contribution is -2.35. The molecule has 0 radical (unpaired) electrons. The van der Waals surface area contributed by atoms with Gasteiger partial charge in [-0.05, 0) is 54.2 Å². The van der Waals surface area contributed by atoms with Gasteiger partial charge in [-0.15, -0.1) is 0 Å². The number of anilines is 1. The van der Waals surface area contributed by atoms with Crippen molar-refractivity contribution in [3.05, 3.63) is 68.7 Å². The average molecular weight is 467 g/mol. The van der Waals surface area contributed by atoms with Crippen molar-refractivity contribution < 1.29 is 4.79 Å². The molecule has 122 valence electrons. The first-order chi connectivity index (χ1) is 11.5. The van der Waals surface area contributed by atoms with E-state index in [0.29, 0.717) is 17.5 Å². The molecule has 1 saturated heterocycles. The lowest BCUT2D eigenvalue weighted by Gasteiger charge is -2.15. The van der Waals surface area contributed by atoms with Gasteiger partial charge in [0.25, 0.3) is 5.91 Å². The summed E-state index contributed by atoms with van der Waals surface area (Å²) in [5.41, 5.74) is 2.31. The number of thiocarbonyl (C=S) groups is 1. The highest BCUT2D eigenvalue weighted by Gasteiger charge is 2.30. The van der Waals surface area contributed by atoms with Gasteiger partial charge in [-0.1, -0.05) is 50.1 Å². The molecule has 2 aromatic carbocycles. The monoisotopic (exact) mass is 465 g/mol. The Labute approximate surface area is 162 Å². The molecule has 0 atom stereocenters. The fourth-order valence-electron chi connectivity index (χ4n) is 2.21. The summed E-state index contributed by atoms with van der Waals surface area (Å²) < 4.78 is 1.96. The highest BCUT2D eigenvalue weighted by Crippen LogP contribution is 2.18. The number of carbonyl (C=O) groups is 1. The predicted octanol–water partition coefficient (Wildman–Crippen LogP) is 4.34. The van der Waals surface area contributed by atoms with Crippen LogP contribution in [0, 0.1) is 0 Å². The number of nitrogens with zero attached hydrogens (tertiary/aromatic N) is 1. The Hall–Kier alpha value is -1.70. The van der Waals surface area contributed by atoms with Crippen molar-refractivity contribution in [3.8, 4) is 0 Å². The van der Waals surface area contributed by atoms with E-state index in [1.54, 1.807) is 6.08 Å². The van der Waals surface area contributed by atoms with Crippen LogP contribution < -0.4 is 10.6 Å². The number of amides is 1. The van der Waals surface area contributed by atoms with E-state index in [1.165, 1.54) is 4.90 Å². The molecule has 0 saturated carbocycles. The first-order valence-electron chi connectivity index (χ1n) is 7.12. The largest absolute Gasteiger partial charge is 0.367 e. The highest BCUT2D eigenvalue weighted by atomic mass is 79.9. The molecule has 0 aliphatic carbocycles. The number of halogens is 2. The van der Waals surface area contributed by atoms with Crippen molar-refractivity contribution in [1.29, 1.82) is 0 Å². The van der Waals surface area contributed by atoms with Crippen LogP contribution >= 0.6 is 44.1 Å². The van der Waals surface area contributed by atoms with E-state index < -0.39 is 0 Å². The number of hydrogen-bond acceptors (Lipinski definition) is 3. The standard InChI is InChI=1S/C17H13Br2N3OS/c18-12-6-4-11(5-7-12)8-15-16(23)22(17(24)21-15)10-20-14-3-1-2-13(19)9-14/h1-9,20H,10H2,(H,21,24). The first-order valence-corrected chi connectivity index (χ1v) is 9.12. The van der Waals surface area contributed by atoms with Crippen LogP contribution in [0.2, 0.25) is 0 Å². The summed E-state index contributed by atoms with van der Waals surface area (Å²) in [7, 11) is 0. The van der Waals surface area contributed by atoms with E-state index in [-0.39, 0.29) is 5.91 Å². The third-order valence-electron chi connectivity index (χ3n) is 3.41. The van der Waals surface area contributed by atoms with E-state index >= 15 is 0 Å². The van der Waals surface area contributed by atoms with Crippen LogP contribution in [0.1, 0.15) is 5.56 Å². The predicted molar refractivity (Wildman–Crippen MR) is 107 cm³/mol. The average Bonchev–Trinajstić information content (AvgIpc) is 2.82. The minimum atomic E-state index is -0.148. The lowest BCUT2D eigenvalue weighted by molar-refractivity contribution is -0.122. The number of carbonyl (C=O) groups excluding carboxylic acids is 1. The molecule has 4 nitrogen and oxygen atoms in total. The van der Waals surface area contributed by atoms with Gasteiger partial charge in [0.05, 0.1) is 6.67 Å². The fraction of sp³-hybridized carbons (Fsp3) is 0.0588. The second-order valence-electron chi connectivity index (χ2n) is 5.12. The quantitative estimate of drug-likeness (QED) is 0.519. The molecule has 3 rings (SSSR count). The van der Waals surface area contributed by atoms with Crippen LogP contribution in [0.5, 0.6) is 0 Å². The number of nitrogens with one attached hydrogen (secondary N) is 2. The second kappa shape index (κ2) is 7.46. The Morgan fingerprint density at radius 2 is 1.88 bits per heavy atom. The van der Waals surface area contributed by atoms with Gasteiger partial charge in [0, 0.05) is 14.6 Å². The Bertz CT molecular complexity index is 821. The third kappa shape index (κ3) is 4.03. The van der Waals surface area contributed by atoms with Crippen LogP contribution in [-0.4, -0.2) is 22.6 Å². The molecular weight excluding hydrogens is 454 g/mol. The summed E-state index contributed by atoms with van der Waals surface area (Å²) in [6.07, 6.45) is 1.79. The maximum atomic E-state index is 12.5. The van der Waals surface area contributed by atoms with Crippen molar-refractivity contribution in [2.24, 2.45) is 0 Å². The molecular formula is C17H13Br2N3OS. The smallest absolute Gasteiger partial charge is 0.278 e. The van der Waals surface area contributed by atoms with Gasteiger partial charge >= 0.3 is 0 Å². The van der Waals surface area contributed by atoms with Crippen LogP contribution in [0.15, 0.2) is 63.2 Å². The van der Waals surface area contributed by atoms with Crippen LogP contribution in [0.4, 0.5) is 5.69 Å². The summed E-state index contributed by atoms with van der Waals surface area (Å²) in [6.45, 7) is 0.304. The fourth-order valence-corrected chi connectivity index (χ4v) is 3.13. The maximum Gasteiger partial charge on any atom is 0.278 e. The van der Waals surface area contributed by atoms with E-state index in [9.17, 15) is 4.79 Å². The molecule has 1 fully saturated rings. The van der Waals surface area contributed by atoms with Gasteiger partial charge in [-0.25, -0.2) is 0 Å². The SMILES string of the molecule is O=C1C(=Cc2ccc(Br)cc2)NC(=S)N1CNc1cccc(Br)c1. The molecule has 0 aromatic heterocycles. The highest BCUT2D eigenvalue weighted by molar-refractivity contribution is 9.10. The molecule has 7 heteroatoms. The lowest BCUT2D eigenvalue weighted by atomic mass is 10.2. The molecule has 24 heavy (non-hydrogen) atoms. The molecule has 1 amide bonds. The van der Waals surface area contributed by atoms with Crippen LogP contribution in [-0.2, 0) is 4.79 Å². The van der Waals surface area contributed by atoms with Gasteiger partial charge < -0.3 is 10.6 Å². The summed E-state index contributed by atoms with van der Waals surface area (Å²) in [5.74, 6) is -0.148. The number of benzene rings is 2. The minimum absolute atomic E-state index is 0.148. The first kappa shape index (κ1) is 17.1. The Balaban J connectivity index is 1.71. The zero-order valence-corrected chi connectivity index (χ0v) is 16.4. The summed E-state index contributed by atoms with van der Waals surface area (Å²) in [5, 5.41) is 6.56. The minimum Gasteiger partial charge on any atom is -0.367 e. The summed E-state index contributed by atoms with van der Waals surface area (Å²) in [4.78, 5) is 14.0.